The summed E-state index contributed by atoms with van der Waals surface area (Å²) in [5.74, 6) is -3.35. The summed E-state index contributed by atoms with van der Waals surface area (Å²) in [7, 11) is 0. The van der Waals surface area contributed by atoms with E-state index in [-0.39, 0.29) is 22.2 Å². The molecule has 16 heteroatoms. The van der Waals surface area contributed by atoms with Crippen molar-refractivity contribution in [2.45, 2.75) is 69.6 Å². The van der Waals surface area contributed by atoms with Gasteiger partial charge in [0.25, 0.3) is 0 Å². The number of nitrogens with zero attached hydrogens (tertiary/aromatic N) is 3. The number of carbonyl (C=O) groups is 2. The van der Waals surface area contributed by atoms with Crippen LogP contribution in [0.1, 0.15) is 48.8 Å². The molecule has 50 heavy (non-hydrogen) atoms. The van der Waals surface area contributed by atoms with Gasteiger partial charge in [-0.15, -0.1) is 0 Å². The number of piperidine rings is 2. The highest BCUT2D eigenvalue weighted by Crippen LogP contribution is 2.47. The van der Waals surface area contributed by atoms with Gasteiger partial charge in [-0.05, 0) is 79.8 Å². The molecule has 0 spiro atoms. The van der Waals surface area contributed by atoms with Gasteiger partial charge in [-0.1, -0.05) is 42.8 Å². The van der Waals surface area contributed by atoms with Crippen LogP contribution in [0.4, 0.5) is 39.5 Å². The Labute approximate surface area is 281 Å². The summed E-state index contributed by atoms with van der Waals surface area (Å²) in [5.41, 5.74) is -3.72. The first kappa shape index (κ1) is 37.3. The standard InChI is InChI=1S/C34H35F9N4O3/c35-32(36,37)20-47-14-10-31(11-15-47,34(41,42)43)30(50)45-27(29(48)49)17-22-6-4-8-24-23(22)7-5-9-25(24)28-26(33(38,39)40)16-21(18-44-28)19-46-12-2-1-3-13-46/h4-9,16,18,27H,1-3,10-15,17,19-20H2,(H,45,50)(H,48,49)/t27-/m0/s1. The molecule has 0 radical (unpaired) electrons. The van der Waals surface area contributed by atoms with Crippen LogP contribution < -0.4 is 5.32 Å². The topological polar surface area (TPSA) is 85.8 Å². The molecular weight excluding hydrogens is 683 g/mol. The van der Waals surface area contributed by atoms with Crippen LogP contribution in [0.5, 0.6) is 0 Å². The lowest BCUT2D eigenvalue weighted by Crippen LogP contribution is -2.59. The molecule has 1 amide bonds. The number of rotatable bonds is 9. The van der Waals surface area contributed by atoms with E-state index in [4.69, 9.17) is 0 Å². The number of halogens is 9. The molecule has 2 fully saturated rings. The van der Waals surface area contributed by atoms with Gasteiger partial charge in [0.1, 0.15) is 11.5 Å². The van der Waals surface area contributed by atoms with Crippen molar-refractivity contribution < 1.29 is 54.2 Å². The fourth-order valence-corrected chi connectivity index (χ4v) is 6.86. The smallest absolute Gasteiger partial charge is 0.418 e. The summed E-state index contributed by atoms with van der Waals surface area (Å²) in [5, 5.41) is 12.5. The molecule has 1 atom stereocenters. The Bertz CT molecular complexity index is 1690. The maximum Gasteiger partial charge on any atom is 0.418 e. The van der Waals surface area contributed by atoms with Gasteiger partial charge in [0.05, 0.1) is 17.8 Å². The van der Waals surface area contributed by atoms with Crippen molar-refractivity contribution in [3.05, 3.63) is 65.4 Å². The highest BCUT2D eigenvalue weighted by molar-refractivity contribution is 5.98. The normalized spacial score (nSPS) is 18.6. The van der Waals surface area contributed by atoms with E-state index < -0.39 is 86.3 Å². The fourth-order valence-electron chi connectivity index (χ4n) is 6.86. The van der Waals surface area contributed by atoms with Crippen molar-refractivity contribution in [3.63, 3.8) is 0 Å². The van der Waals surface area contributed by atoms with Crippen molar-refractivity contribution in [3.8, 4) is 11.3 Å². The minimum absolute atomic E-state index is 0.0961. The minimum atomic E-state index is -5.19. The van der Waals surface area contributed by atoms with Gasteiger partial charge in [-0.25, -0.2) is 4.79 Å². The Morgan fingerprint density at radius 3 is 2.10 bits per heavy atom. The third-order valence-corrected chi connectivity index (χ3v) is 9.49. The zero-order valence-electron chi connectivity index (χ0n) is 26.7. The van der Waals surface area contributed by atoms with E-state index in [1.54, 1.807) is 0 Å². The molecule has 3 aromatic rings. The van der Waals surface area contributed by atoms with Gasteiger partial charge in [0.2, 0.25) is 5.91 Å². The number of fused-ring (bicyclic) bond motifs is 1. The van der Waals surface area contributed by atoms with Gasteiger partial charge in [-0.2, -0.15) is 39.5 Å². The Kier molecular flexibility index (Phi) is 10.7. The predicted octanol–water partition coefficient (Wildman–Crippen LogP) is 7.23. The van der Waals surface area contributed by atoms with Gasteiger partial charge < -0.3 is 10.4 Å². The zero-order chi connectivity index (χ0) is 36.5. The van der Waals surface area contributed by atoms with Crippen LogP contribution in [0.15, 0.2) is 48.7 Å². The lowest BCUT2D eigenvalue weighted by molar-refractivity contribution is -0.236. The monoisotopic (exact) mass is 718 g/mol. The van der Waals surface area contributed by atoms with Crippen LogP contribution in [-0.4, -0.2) is 82.9 Å². The van der Waals surface area contributed by atoms with E-state index in [1.165, 1.54) is 42.6 Å². The third-order valence-electron chi connectivity index (χ3n) is 9.49. The van der Waals surface area contributed by atoms with Crippen molar-refractivity contribution >= 4 is 22.6 Å². The van der Waals surface area contributed by atoms with Crippen LogP contribution in [0.25, 0.3) is 22.0 Å². The van der Waals surface area contributed by atoms with Crippen LogP contribution >= 0.6 is 0 Å². The van der Waals surface area contributed by atoms with Crippen LogP contribution in [0, 0.1) is 5.41 Å². The first-order valence-electron chi connectivity index (χ1n) is 16.1. The molecule has 272 valence electrons. The lowest BCUT2D eigenvalue weighted by atomic mass is 9.76. The minimum Gasteiger partial charge on any atom is -0.480 e. The zero-order valence-corrected chi connectivity index (χ0v) is 26.7. The van der Waals surface area contributed by atoms with Crippen molar-refractivity contribution in [1.82, 2.24) is 20.1 Å². The Morgan fingerprint density at radius 2 is 1.50 bits per heavy atom. The van der Waals surface area contributed by atoms with Crippen LogP contribution in [0.2, 0.25) is 0 Å². The molecular formula is C34H35F9N4O3. The number of hydrogen-bond acceptors (Lipinski definition) is 5. The molecule has 0 aliphatic carbocycles. The van der Waals surface area contributed by atoms with E-state index in [2.05, 4.69) is 9.88 Å². The van der Waals surface area contributed by atoms with Crippen molar-refractivity contribution in [2.24, 2.45) is 5.41 Å². The number of hydrogen-bond donors (Lipinski definition) is 2. The van der Waals surface area contributed by atoms with E-state index in [0.717, 1.165) is 43.3 Å². The maximum absolute atomic E-state index is 14.4. The number of carboxylic acid groups (broad SMARTS) is 1. The number of benzene rings is 2. The SMILES string of the molecule is O=C(O)[C@H](Cc1cccc2c(-c3ncc(CN4CCCCC4)cc3C(F)(F)F)cccc12)NC(=O)C1(C(F)(F)F)CCN(CC(F)(F)F)CC1. The summed E-state index contributed by atoms with van der Waals surface area (Å²) >= 11 is 0. The van der Waals surface area contributed by atoms with Gasteiger partial charge in [0, 0.05) is 24.7 Å². The Balaban J connectivity index is 1.43. The largest absolute Gasteiger partial charge is 0.480 e. The first-order chi connectivity index (χ1) is 23.4. The lowest BCUT2D eigenvalue weighted by Gasteiger charge is -2.42. The second-order valence-electron chi connectivity index (χ2n) is 12.9. The molecule has 1 aromatic heterocycles. The summed E-state index contributed by atoms with van der Waals surface area (Å²) in [6.45, 7) is -0.992. The predicted molar refractivity (Wildman–Crippen MR) is 165 cm³/mol. The maximum atomic E-state index is 14.4. The van der Waals surface area contributed by atoms with Gasteiger partial charge >= 0.3 is 24.5 Å². The summed E-state index contributed by atoms with van der Waals surface area (Å²) in [6, 6.07) is 7.98. The van der Waals surface area contributed by atoms with Crippen molar-refractivity contribution in [2.75, 3.05) is 32.7 Å². The number of carbonyl (C=O) groups excluding carboxylic acids is 1. The second kappa shape index (κ2) is 14.4. The molecule has 2 N–H and O–H groups in total. The quantitative estimate of drug-likeness (QED) is 0.228. The van der Waals surface area contributed by atoms with E-state index >= 15 is 0 Å². The van der Waals surface area contributed by atoms with Crippen LogP contribution in [-0.2, 0) is 28.7 Å². The number of carboxylic acids is 1. The molecule has 3 heterocycles. The molecule has 0 unspecified atom stereocenters. The molecule has 2 aliphatic rings. The highest BCUT2D eigenvalue weighted by atomic mass is 19.4. The molecule has 7 nitrogen and oxygen atoms in total. The van der Waals surface area contributed by atoms with Crippen LogP contribution in [0.3, 0.4) is 0 Å². The number of alkyl halides is 9. The van der Waals surface area contributed by atoms with E-state index in [1.807, 2.05) is 5.32 Å². The molecule has 5 rings (SSSR count). The molecule has 0 saturated carbocycles. The number of likely N-dealkylation sites (tertiary alicyclic amines) is 2. The Morgan fingerprint density at radius 1 is 0.860 bits per heavy atom. The summed E-state index contributed by atoms with van der Waals surface area (Å²) < 4.78 is 125. The highest BCUT2D eigenvalue weighted by Gasteiger charge is 2.61. The number of nitrogens with one attached hydrogen (secondary N) is 1. The summed E-state index contributed by atoms with van der Waals surface area (Å²) in [6.07, 6.45) is -12.8. The van der Waals surface area contributed by atoms with Gasteiger partial charge in [-0.3, -0.25) is 19.6 Å². The fraction of sp³-hybridized carbons (Fsp3) is 0.500. The van der Waals surface area contributed by atoms with E-state index in [9.17, 15) is 54.2 Å². The number of pyridine rings is 1. The van der Waals surface area contributed by atoms with Crippen molar-refractivity contribution in [1.29, 1.82) is 0 Å². The van der Waals surface area contributed by atoms with Gasteiger partial charge in [0.15, 0.2) is 0 Å². The first-order valence-corrected chi connectivity index (χ1v) is 16.1. The molecule has 2 saturated heterocycles. The number of amides is 1. The summed E-state index contributed by atoms with van der Waals surface area (Å²) in [4.78, 5) is 32.5. The Hall–Kier alpha value is -3.92. The number of aliphatic carboxylic acids is 1. The molecule has 0 bridgehead atoms. The average molecular weight is 719 g/mol. The molecule has 2 aromatic carbocycles. The third kappa shape index (κ3) is 8.33. The average Bonchev–Trinajstić information content (AvgIpc) is 3.03. The second-order valence-corrected chi connectivity index (χ2v) is 12.9. The van der Waals surface area contributed by atoms with E-state index in [0.29, 0.717) is 17.5 Å². The molecule has 2 aliphatic heterocycles. The number of aromatic nitrogens is 1.